The van der Waals surface area contributed by atoms with Crippen molar-refractivity contribution < 1.29 is 4.39 Å². The number of halogens is 1. The monoisotopic (exact) mass is 260 g/mol. The van der Waals surface area contributed by atoms with E-state index in [4.69, 9.17) is 0 Å². The summed E-state index contributed by atoms with van der Waals surface area (Å²) in [6.45, 7) is 4.66. The van der Waals surface area contributed by atoms with Crippen LogP contribution < -0.4 is 10.6 Å². The molecule has 5 heteroatoms. The highest BCUT2D eigenvalue weighted by molar-refractivity contribution is 5.40. The van der Waals surface area contributed by atoms with Gasteiger partial charge < -0.3 is 10.6 Å². The summed E-state index contributed by atoms with van der Waals surface area (Å²) in [5.74, 6) is 1.10. The molecule has 0 fully saturated rings. The summed E-state index contributed by atoms with van der Waals surface area (Å²) < 4.78 is 12.8. The second kappa shape index (κ2) is 6.13. The predicted octanol–water partition coefficient (Wildman–Crippen LogP) is 3.05. The van der Waals surface area contributed by atoms with Gasteiger partial charge in [0.25, 0.3) is 0 Å². The maximum Gasteiger partial charge on any atom is 0.224 e. The molecule has 2 N–H and O–H groups in total. The van der Waals surface area contributed by atoms with Crippen LogP contribution in [0, 0.1) is 5.82 Å². The molecule has 0 aliphatic heterocycles. The number of nitrogens with one attached hydrogen (secondary N) is 2. The lowest BCUT2D eigenvalue weighted by molar-refractivity contribution is 0.627. The lowest BCUT2D eigenvalue weighted by atomic mass is 10.2. The van der Waals surface area contributed by atoms with Gasteiger partial charge in [0, 0.05) is 18.8 Å². The van der Waals surface area contributed by atoms with E-state index in [0.29, 0.717) is 18.5 Å². The molecular formula is C14H17FN4. The Kier molecular flexibility index (Phi) is 4.28. The molecule has 2 rings (SSSR count). The van der Waals surface area contributed by atoms with Crippen LogP contribution in [0.3, 0.4) is 0 Å². The summed E-state index contributed by atoms with van der Waals surface area (Å²) in [6, 6.07) is 8.49. The molecule has 0 saturated heterocycles. The predicted molar refractivity (Wildman–Crippen MR) is 74.5 cm³/mol. The van der Waals surface area contributed by atoms with Gasteiger partial charge >= 0.3 is 0 Å². The van der Waals surface area contributed by atoms with Crippen LogP contribution in [0.4, 0.5) is 16.2 Å². The Labute approximate surface area is 112 Å². The highest BCUT2D eigenvalue weighted by atomic mass is 19.1. The Morgan fingerprint density at radius 2 is 1.89 bits per heavy atom. The number of anilines is 2. The molecule has 4 nitrogen and oxygen atoms in total. The van der Waals surface area contributed by atoms with Gasteiger partial charge in [0.05, 0.1) is 0 Å². The Hall–Kier alpha value is -2.17. The van der Waals surface area contributed by atoms with Crippen LogP contribution in [-0.2, 0) is 6.54 Å². The molecule has 0 amide bonds. The number of nitrogens with zero attached hydrogens (tertiary/aromatic N) is 2. The van der Waals surface area contributed by atoms with Crippen molar-refractivity contribution in [1.29, 1.82) is 0 Å². The minimum Gasteiger partial charge on any atom is -0.368 e. The summed E-state index contributed by atoms with van der Waals surface area (Å²) in [4.78, 5) is 8.48. The van der Waals surface area contributed by atoms with Gasteiger partial charge in [0.1, 0.15) is 11.6 Å². The first-order valence-electron chi connectivity index (χ1n) is 6.21. The quantitative estimate of drug-likeness (QED) is 0.867. The molecule has 0 aliphatic carbocycles. The van der Waals surface area contributed by atoms with Gasteiger partial charge in [-0.1, -0.05) is 12.1 Å². The maximum absolute atomic E-state index is 12.8. The standard InChI is InChI=1S/C14H17FN4/c1-10(2)18-13-7-8-16-14(19-13)17-9-11-3-5-12(15)6-4-11/h3-8,10H,9H2,1-2H3,(H2,16,17,18,19). The van der Waals surface area contributed by atoms with Gasteiger partial charge in [-0.3, -0.25) is 0 Å². The van der Waals surface area contributed by atoms with Crippen molar-refractivity contribution in [3.8, 4) is 0 Å². The van der Waals surface area contributed by atoms with Gasteiger partial charge in [0.15, 0.2) is 0 Å². The van der Waals surface area contributed by atoms with Crippen molar-refractivity contribution in [2.75, 3.05) is 10.6 Å². The fraction of sp³-hybridized carbons (Fsp3) is 0.286. The van der Waals surface area contributed by atoms with Crippen LogP contribution in [0.1, 0.15) is 19.4 Å². The average Bonchev–Trinajstić information content (AvgIpc) is 2.38. The minimum atomic E-state index is -0.233. The van der Waals surface area contributed by atoms with Crippen molar-refractivity contribution in [2.24, 2.45) is 0 Å². The van der Waals surface area contributed by atoms with Crippen LogP contribution in [0.5, 0.6) is 0 Å². The number of benzene rings is 1. The first kappa shape index (κ1) is 13.3. The van der Waals surface area contributed by atoms with Crippen molar-refractivity contribution in [3.63, 3.8) is 0 Å². The van der Waals surface area contributed by atoms with Gasteiger partial charge in [-0.15, -0.1) is 0 Å². The molecule has 100 valence electrons. The molecular weight excluding hydrogens is 243 g/mol. The number of hydrogen-bond donors (Lipinski definition) is 2. The van der Waals surface area contributed by atoms with E-state index in [1.807, 2.05) is 19.9 Å². The van der Waals surface area contributed by atoms with E-state index in [1.54, 1.807) is 18.3 Å². The van der Waals surface area contributed by atoms with Crippen LogP contribution >= 0.6 is 0 Å². The summed E-state index contributed by atoms with van der Waals surface area (Å²) in [5.41, 5.74) is 0.979. The highest BCUT2D eigenvalue weighted by Crippen LogP contribution is 2.09. The normalized spacial score (nSPS) is 10.5. The van der Waals surface area contributed by atoms with E-state index in [9.17, 15) is 4.39 Å². The molecule has 2 aromatic rings. The lowest BCUT2D eigenvalue weighted by Gasteiger charge is -2.10. The lowest BCUT2D eigenvalue weighted by Crippen LogP contribution is -2.12. The van der Waals surface area contributed by atoms with Crippen molar-refractivity contribution in [3.05, 3.63) is 47.9 Å². The zero-order valence-corrected chi connectivity index (χ0v) is 11.0. The number of hydrogen-bond acceptors (Lipinski definition) is 4. The Morgan fingerprint density at radius 3 is 2.58 bits per heavy atom. The Morgan fingerprint density at radius 1 is 1.16 bits per heavy atom. The molecule has 0 bridgehead atoms. The Bertz CT molecular complexity index is 525. The van der Waals surface area contributed by atoms with Crippen LogP contribution in [-0.4, -0.2) is 16.0 Å². The van der Waals surface area contributed by atoms with Crippen molar-refractivity contribution >= 4 is 11.8 Å². The van der Waals surface area contributed by atoms with Gasteiger partial charge in [0.2, 0.25) is 5.95 Å². The summed E-state index contributed by atoms with van der Waals surface area (Å²) in [7, 11) is 0. The maximum atomic E-state index is 12.8. The smallest absolute Gasteiger partial charge is 0.224 e. The SMILES string of the molecule is CC(C)Nc1ccnc(NCc2ccc(F)cc2)n1. The number of rotatable bonds is 5. The first-order chi connectivity index (χ1) is 9.13. The minimum absolute atomic E-state index is 0.233. The topological polar surface area (TPSA) is 49.8 Å². The molecule has 1 heterocycles. The van der Waals surface area contributed by atoms with Crippen LogP contribution in [0.15, 0.2) is 36.5 Å². The molecule has 0 saturated carbocycles. The van der Waals surface area contributed by atoms with Crippen LogP contribution in [0.2, 0.25) is 0 Å². The summed E-state index contributed by atoms with van der Waals surface area (Å²) >= 11 is 0. The Balaban J connectivity index is 1.97. The zero-order chi connectivity index (χ0) is 13.7. The van der Waals surface area contributed by atoms with Crippen molar-refractivity contribution in [1.82, 2.24) is 9.97 Å². The molecule has 1 aromatic heterocycles. The van der Waals surface area contributed by atoms with E-state index in [1.165, 1.54) is 12.1 Å². The average molecular weight is 260 g/mol. The summed E-state index contributed by atoms with van der Waals surface area (Å²) in [6.07, 6.45) is 1.70. The molecule has 0 aliphatic rings. The third-order valence-corrected chi connectivity index (χ3v) is 2.46. The van der Waals surface area contributed by atoms with Crippen molar-refractivity contribution in [2.45, 2.75) is 26.4 Å². The van der Waals surface area contributed by atoms with Crippen LogP contribution in [0.25, 0.3) is 0 Å². The van der Waals surface area contributed by atoms with E-state index < -0.39 is 0 Å². The second-order valence-electron chi connectivity index (χ2n) is 4.54. The fourth-order valence-corrected chi connectivity index (χ4v) is 1.60. The largest absolute Gasteiger partial charge is 0.368 e. The summed E-state index contributed by atoms with van der Waals surface area (Å²) in [5, 5.41) is 6.32. The third kappa shape index (κ3) is 4.21. The highest BCUT2D eigenvalue weighted by Gasteiger charge is 2.01. The van der Waals surface area contributed by atoms with E-state index in [0.717, 1.165) is 11.4 Å². The van der Waals surface area contributed by atoms with E-state index >= 15 is 0 Å². The van der Waals surface area contributed by atoms with E-state index in [-0.39, 0.29) is 5.82 Å². The number of aromatic nitrogens is 2. The van der Waals surface area contributed by atoms with Gasteiger partial charge in [-0.25, -0.2) is 9.37 Å². The fourth-order valence-electron chi connectivity index (χ4n) is 1.60. The molecule has 19 heavy (non-hydrogen) atoms. The van der Waals surface area contributed by atoms with Gasteiger partial charge in [-0.05, 0) is 37.6 Å². The molecule has 0 atom stereocenters. The zero-order valence-electron chi connectivity index (χ0n) is 11.0. The van der Waals surface area contributed by atoms with E-state index in [2.05, 4.69) is 20.6 Å². The molecule has 1 aromatic carbocycles. The van der Waals surface area contributed by atoms with Gasteiger partial charge in [-0.2, -0.15) is 4.98 Å². The second-order valence-corrected chi connectivity index (χ2v) is 4.54. The third-order valence-electron chi connectivity index (χ3n) is 2.46. The first-order valence-corrected chi connectivity index (χ1v) is 6.21. The molecule has 0 spiro atoms. The molecule has 0 radical (unpaired) electrons. The molecule has 0 unspecified atom stereocenters.